The molecule has 2 heterocycles. The first-order valence-corrected chi connectivity index (χ1v) is 6.61. The van der Waals surface area contributed by atoms with Crippen molar-refractivity contribution in [1.82, 2.24) is 9.97 Å². The van der Waals surface area contributed by atoms with Crippen molar-refractivity contribution in [3.63, 3.8) is 0 Å². The lowest BCUT2D eigenvalue weighted by atomic mass is 10.3. The lowest BCUT2D eigenvalue weighted by Gasteiger charge is -2.05. The Kier molecular flexibility index (Phi) is 3.12. The number of rotatable bonds is 3. The average Bonchev–Trinajstić information content (AvgIpc) is 2.96. The molecule has 2 N–H and O–H groups in total. The van der Waals surface area contributed by atoms with Crippen molar-refractivity contribution in [1.29, 1.82) is 0 Å². The SMILES string of the molecule is Oc1ccc(Nc2ncc(-c3cccs3)cn2)cc1. The van der Waals surface area contributed by atoms with Gasteiger partial charge >= 0.3 is 0 Å². The zero-order chi connectivity index (χ0) is 13.1. The van der Waals surface area contributed by atoms with Gasteiger partial charge in [0.15, 0.2) is 0 Å². The molecule has 0 spiro atoms. The first kappa shape index (κ1) is 11.7. The lowest BCUT2D eigenvalue weighted by molar-refractivity contribution is 0.475. The standard InChI is InChI=1S/C14H11N3OS/c18-12-5-3-11(4-6-12)17-14-15-8-10(9-16-14)13-2-1-7-19-13/h1-9,18H,(H,15,16,17). The zero-order valence-electron chi connectivity index (χ0n) is 9.95. The van der Waals surface area contributed by atoms with E-state index in [9.17, 15) is 5.11 Å². The van der Waals surface area contributed by atoms with Crippen LogP contribution in [0.5, 0.6) is 5.75 Å². The van der Waals surface area contributed by atoms with E-state index >= 15 is 0 Å². The number of phenolic OH excluding ortho intramolecular Hbond substituents is 1. The van der Waals surface area contributed by atoms with Gasteiger partial charge in [-0.1, -0.05) is 6.07 Å². The normalized spacial score (nSPS) is 10.3. The number of hydrogen-bond acceptors (Lipinski definition) is 5. The molecule has 19 heavy (non-hydrogen) atoms. The third-order valence-corrected chi connectivity index (χ3v) is 3.50. The second-order valence-corrected chi connectivity index (χ2v) is 4.89. The molecule has 0 fully saturated rings. The van der Waals surface area contributed by atoms with Crippen LogP contribution in [0.25, 0.3) is 10.4 Å². The second-order valence-electron chi connectivity index (χ2n) is 3.94. The van der Waals surface area contributed by atoms with Crippen LogP contribution in [0.2, 0.25) is 0 Å². The van der Waals surface area contributed by atoms with Gasteiger partial charge in [-0.25, -0.2) is 9.97 Å². The van der Waals surface area contributed by atoms with E-state index in [1.165, 1.54) is 0 Å². The number of hydrogen-bond donors (Lipinski definition) is 2. The van der Waals surface area contributed by atoms with E-state index in [1.54, 1.807) is 48.0 Å². The summed E-state index contributed by atoms with van der Waals surface area (Å²) in [7, 11) is 0. The Labute approximate surface area is 114 Å². The quantitative estimate of drug-likeness (QED) is 0.712. The van der Waals surface area contributed by atoms with Crippen LogP contribution in [0.1, 0.15) is 0 Å². The number of aromatic nitrogens is 2. The van der Waals surface area contributed by atoms with E-state index < -0.39 is 0 Å². The van der Waals surface area contributed by atoms with Crippen molar-refractivity contribution < 1.29 is 5.11 Å². The molecule has 94 valence electrons. The third-order valence-electron chi connectivity index (χ3n) is 2.58. The Morgan fingerprint density at radius 1 is 1.00 bits per heavy atom. The Hall–Kier alpha value is -2.40. The fourth-order valence-corrected chi connectivity index (χ4v) is 2.34. The van der Waals surface area contributed by atoms with Gasteiger partial charge in [0.2, 0.25) is 5.95 Å². The molecule has 0 saturated heterocycles. The van der Waals surface area contributed by atoms with Crippen LogP contribution in [0, 0.1) is 0 Å². The number of thiophene rings is 1. The fraction of sp³-hybridized carbons (Fsp3) is 0. The summed E-state index contributed by atoms with van der Waals surface area (Å²) in [6, 6.07) is 10.8. The zero-order valence-corrected chi connectivity index (χ0v) is 10.8. The smallest absolute Gasteiger partial charge is 0.227 e. The molecule has 0 atom stereocenters. The summed E-state index contributed by atoms with van der Waals surface area (Å²) in [5.74, 6) is 0.769. The predicted molar refractivity (Wildman–Crippen MR) is 76.7 cm³/mol. The van der Waals surface area contributed by atoms with E-state index in [1.807, 2.05) is 17.5 Å². The number of nitrogens with one attached hydrogen (secondary N) is 1. The maximum atomic E-state index is 9.21. The van der Waals surface area contributed by atoms with Crippen LogP contribution in [0.3, 0.4) is 0 Å². The second kappa shape index (κ2) is 5.07. The van der Waals surface area contributed by atoms with E-state index in [0.29, 0.717) is 5.95 Å². The van der Waals surface area contributed by atoms with Crippen molar-refractivity contribution >= 4 is 23.0 Å². The van der Waals surface area contributed by atoms with Gasteiger partial charge in [0.25, 0.3) is 0 Å². The minimum absolute atomic E-state index is 0.236. The Morgan fingerprint density at radius 3 is 2.37 bits per heavy atom. The van der Waals surface area contributed by atoms with Gasteiger partial charge in [-0.05, 0) is 35.7 Å². The van der Waals surface area contributed by atoms with Crippen LogP contribution in [-0.4, -0.2) is 15.1 Å². The van der Waals surface area contributed by atoms with Crippen LogP contribution in [-0.2, 0) is 0 Å². The molecule has 3 rings (SSSR count). The van der Waals surface area contributed by atoms with Crippen LogP contribution in [0.4, 0.5) is 11.6 Å². The molecule has 0 amide bonds. The first-order valence-electron chi connectivity index (χ1n) is 5.73. The topological polar surface area (TPSA) is 58.0 Å². The van der Waals surface area contributed by atoms with Crippen LogP contribution in [0.15, 0.2) is 54.2 Å². The number of anilines is 2. The summed E-state index contributed by atoms with van der Waals surface area (Å²) in [5.41, 5.74) is 1.84. The van der Waals surface area contributed by atoms with Gasteiger partial charge in [0.05, 0.1) is 0 Å². The number of nitrogens with zero attached hydrogens (tertiary/aromatic N) is 2. The molecule has 0 aliphatic rings. The molecule has 0 aliphatic heterocycles. The molecular formula is C14H11N3OS. The molecule has 0 bridgehead atoms. The van der Waals surface area contributed by atoms with Crippen molar-refractivity contribution in [2.45, 2.75) is 0 Å². The van der Waals surface area contributed by atoms with E-state index in [-0.39, 0.29) is 5.75 Å². The van der Waals surface area contributed by atoms with Gasteiger partial charge in [-0.15, -0.1) is 11.3 Å². The highest BCUT2D eigenvalue weighted by Gasteiger charge is 2.01. The van der Waals surface area contributed by atoms with Crippen molar-refractivity contribution in [2.24, 2.45) is 0 Å². The molecular weight excluding hydrogens is 258 g/mol. The summed E-state index contributed by atoms with van der Waals surface area (Å²) >= 11 is 1.66. The van der Waals surface area contributed by atoms with Gasteiger partial charge in [-0.3, -0.25) is 0 Å². The maximum Gasteiger partial charge on any atom is 0.227 e. The fourth-order valence-electron chi connectivity index (χ4n) is 1.64. The monoisotopic (exact) mass is 269 g/mol. The molecule has 0 radical (unpaired) electrons. The Morgan fingerprint density at radius 2 is 1.74 bits per heavy atom. The highest BCUT2D eigenvalue weighted by Crippen LogP contribution is 2.24. The van der Waals surface area contributed by atoms with Gasteiger partial charge in [0.1, 0.15) is 5.75 Å². The predicted octanol–water partition coefficient (Wildman–Crippen LogP) is 3.65. The molecule has 0 aliphatic carbocycles. The minimum Gasteiger partial charge on any atom is -0.508 e. The summed E-state index contributed by atoms with van der Waals surface area (Å²) < 4.78 is 0. The highest BCUT2D eigenvalue weighted by atomic mass is 32.1. The number of benzene rings is 1. The van der Waals surface area contributed by atoms with Gasteiger partial charge < -0.3 is 10.4 Å². The van der Waals surface area contributed by atoms with Crippen molar-refractivity contribution in [2.75, 3.05) is 5.32 Å². The van der Waals surface area contributed by atoms with Gasteiger partial charge in [0, 0.05) is 28.5 Å². The third kappa shape index (κ3) is 2.71. The summed E-state index contributed by atoms with van der Waals surface area (Å²) in [5, 5.41) is 14.3. The van der Waals surface area contributed by atoms with Crippen molar-refractivity contribution in [3.8, 4) is 16.2 Å². The van der Waals surface area contributed by atoms with Crippen molar-refractivity contribution in [3.05, 3.63) is 54.2 Å². The van der Waals surface area contributed by atoms with E-state index in [4.69, 9.17) is 0 Å². The summed E-state index contributed by atoms with van der Waals surface area (Å²) in [6.45, 7) is 0. The van der Waals surface area contributed by atoms with Crippen LogP contribution < -0.4 is 5.32 Å². The Bertz CT molecular complexity index is 648. The molecule has 0 saturated carbocycles. The minimum atomic E-state index is 0.236. The molecule has 3 aromatic rings. The molecule has 1 aromatic carbocycles. The first-order chi connectivity index (χ1) is 9.31. The number of aromatic hydroxyl groups is 1. The van der Waals surface area contributed by atoms with Gasteiger partial charge in [-0.2, -0.15) is 0 Å². The van der Waals surface area contributed by atoms with E-state index in [0.717, 1.165) is 16.1 Å². The molecule has 5 heteroatoms. The average molecular weight is 269 g/mol. The van der Waals surface area contributed by atoms with Crippen LogP contribution >= 0.6 is 11.3 Å². The molecule has 0 unspecified atom stereocenters. The summed E-state index contributed by atoms with van der Waals surface area (Å²) in [6.07, 6.45) is 3.59. The largest absolute Gasteiger partial charge is 0.508 e. The number of phenols is 1. The summed E-state index contributed by atoms with van der Waals surface area (Å²) in [4.78, 5) is 9.70. The Balaban J connectivity index is 1.77. The highest BCUT2D eigenvalue weighted by molar-refractivity contribution is 7.13. The molecule has 2 aromatic heterocycles. The lowest BCUT2D eigenvalue weighted by Crippen LogP contribution is -1.96. The van der Waals surface area contributed by atoms with E-state index in [2.05, 4.69) is 15.3 Å². The molecule has 4 nitrogen and oxygen atoms in total. The maximum absolute atomic E-state index is 9.21.